The van der Waals surface area contributed by atoms with E-state index >= 15 is 0 Å². The first-order valence-corrected chi connectivity index (χ1v) is 9.31. The number of halogens is 3. The maximum atomic E-state index is 13.6. The van der Waals surface area contributed by atoms with Gasteiger partial charge in [-0.15, -0.1) is 0 Å². The summed E-state index contributed by atoms with van der Waals surface area (Å²) in [7, 11) is 1.53. The summed E-state index contributed by atoms with van der Waals surface area (Å²) in [5, 5.41) is 2.32. The molecular formula is C19H25F3N4O4. The van der Waals surface area contributed by atoms with Crippen molar-refractivity contribution in [2.45, 2.75) is 26.1 Å². The third kappa shape index (κ3) is 5.70. The molecule has 0 aliphatic carbocycles. The Balaban J connectivity index is 2.32. The molecule has 0 bridgehead atoms. The van der Waals surface area contributed by atoms with E-state index in [0.717, 1.165) is 17.0 Å². The predicted octanol–water partition coefficient (Wildman–Crippen LogP) is 1.45. The molecule has 0 spiro atoms. The summed E-state index contributed by atoms with van der Waals surface area (Å²) >= 11 is 0. The highest BCUT2D eigenvalue weighted by molar-refractivity contribution is 6.09. The van der Waals surface area contributed by atoms with Gasteiger partial charge in [0, 0.05) is 18.8 Å². The highest BCUT2D eigenvalue weighted by atomic mass is 19.4. The quantitative estimate of drug-likeness (QED) is 0.637. The van der Waals surface area contributed by atoms with Gasteiger partial charge in [-0.3, -0.25) is 19.3 Å². The van der Waals surface area contributed by atoms with Gasteiger partial charge in [-0.2, -0.15) is 13.2 Å². The fraction of sp³-hybridized carbons (Fsp3) is 0.526. The van der Waals surface area contributed by atoms with Crippen molar-refractivity contribution in [3.8, 4) is 0 Å². The van der Waals surface area contributed by atoms with Gasteiger partial charge in [0.05, 0.1) is 17.9 Å². The van der Waals surface area contributed by atoms with Gasteiger partial charge in [0.2, 0.25) is 5.91 Å². The molecule has 1 heterocycles. The SMILES string of the molecule is CC(C)CN(C)[C@@H](C(N)=O)C(=O)Nc1ccc(N2CCOCC2=O)c(C(F)(F)F)c1. The number of likely N-dealkylation sites (N-methyl/N-ethyl adjacent to an activating group) is 1. The van der Waals surface area contributed by atoms with Crippen LogP contribution in [0.2, 0.25) is 0 Å². The second-order valence-electron chi connectivity index (χ2n) is 7.46. The normalized spacial score (nSPS) is 16.1. The van der Waals surface area contributed by atoms with Crippen LogP contribution in [0.5, 0.6) is 0 Å². The average Bonchev–Trinajstić information content (AvgIpc) is 2.60. The van der Waals surface area contributed by atoms with Crippen molar-refractivity contribution < 1.29 is 32.3 Å². The largest absolute Gasteiger partial charge is 0.418 e. The van der Waals surface area contributed by atoms with Gasteiger partial charge >= 0.3 is 6.18 Å². The van der Waals surface area contributed by atoms with Crippen LogP contribution in [0.15, 0.2) is 18.2 Å². The van der Waals surface area contributed by atoms with E-state index in [-0.39, 0.29) is 37.1 Å². The molecule has 1 aromatic rings. The molecule has 1 aliphatic rings. The zero-order valence-electron chi connectivity index (χ0n) is 17.0. The Morgan fingerprint density at radius 2 is 2.00 bits per heavy atom. The van der Waals surface area contributed by atoms with E-state index in [9.17, 15) is 27.6 Å². The molecule has 8 nitrogen and oxygen atoms in total. The first-order chi connectivity index (χ1) is 13.9. The highest BCUT2D eigenvalue weighted by Gasteiger charge is 2.37. The number of ether oxygens (including phenoxy) is 1. The van der Waals surface area contributed by atoms with E-state index in [1.807, 2.05) is 13.8 Å². The molecule has 30 heavy (non-hydrogen) atoms. The zero-order valence-corrected chi connectivity index (χ0v) is 17.0. The molecule has 166 valence electrons. The van der Waals surface area contributed by atoms with Crippen molar-refractivity contribution in [3.63, 3.8) is 0 Å². The number of amides is 3. The highest BCUT2D eigenvalue weighted by Crippen LogP contribution is 2.38. The number of nitrogens with zero attached hydrogens (tertiary/aromatic N) is 2. The van der Waals surface area contributed by atoms with Crippen LogP contribution in [0.1, 0.15) is 19.4 Å². The van der Waals surface area contributed by atoms with E-state index in [0.29, 0.717) is 6.54 Å². The molecule has 3 amide bonds. The summed E-state index contributed by atoms with van der Waals surface area (Å²) in [6.45, 7) is 3.94. The summed E-state index contributed by atoms with van der Waals surface area (Å²) in [4.78, 5) is 38.7. The minimum Gasteiger partial charge on any atom is -0.370 e. The van der Waals surface area contributed by atoms with Gasteiger partial charge in [-0.25, -0.2) is 0 Å². The number of carbonyl (C=O) groups excluding carboxylic acids is 3. The van der Waals surface area contributed by atoms with Crippen LogP contribution in [0.25, 0.3) is 0 Å². The monoisotopic (exact) mass is 430 g/mol. The van der Waals surface area contributed by atoms with Gasteiger partial charge < -0.3 is 20.7 Å². The number of rotatable bonds is 7. The molecule has 0 saturated carbocycles. The molecule has 2 rings (SSSR count). The molecule has 11 heteroatoms. The Morgan fingerprint density at radius 3 is 2.53 bits per heavy atom. The van der Waals surface area contributed by atoms with E-state index in [4.69, 9.17) is 10.5 Å². The summed E-state index contributed by atoms with van der Waals surface area (Å²) in [6.07, 6.45) is -4.77. The summed E-state index contributed by atoms with van der Waals surface area (Å²) in [6, 6.07) is 1.74. The van der Waals surface area contributed by atoms with Crippen LogP contribution in [-0.4, -0.2) is 62.0 Å². The number of carbonyl (C=O) groups is 3. The zero-order chi connectivity index (χ0) is 22.6. The third-order valence-corrected chi connectivity index (χ3v) is 4.46. The standard InChI is InChI=1S/C19H25F3N4O4/c1-11(2)9-25(3)16(17(23)28)18(29)24-12-4-5-14(13(8-12)19(20,21)22)26-6-7-30-10-15(26)27/h4-5,8,11,16H,6-7,9-10H2,1-3H3,(H2,23,28)(H,24,29)/t16-/m0/s1. The number of benzene rings is 1. The van der Waals surface area contributed by atoms with Crippen LogP contribution in [0, 0.1) is 5.92 Å². The number of alkyl halides is 3. The van der Waals surface area contributed by atoms with Crippen molar-refractivity contribution in [2.24, 2.45) is 11.7 Å². The Morgan fingerprint density at radius 1 is 1.33 bits per heavy atom. The lowest BCUT2D eigenvalue weighted by molar-refractivity contribution is -0.138. The molecule has 1 atom stereocenters. The first-order valence-electron chi connectivity index (χ1n) is 9.31. The lowest BCUT2D eigenvalue weighted by Gasteiger charge is -2.30. The molecule has 1 fully saturated rings. The average molecular weight is 430 g/mol. The second-order valence-corrected chi connectivity index (χ2v) is 7.46. The summed E-state index contributed by atoms with van der Waals surface area (Å²) in [5.41, 5.74) is 3.76. The van der Waals surface area contributed by atoms with Crippen molar-refractivity contribution in [1.82, 2.24) is 4.90 Å². The van der Waals surface area contributed by atoms with E-state index in [1.54, 1.807) is 0 Å². The second kappa shape index (κ2) is 9.43. The fourth-order valence-electron chi connectivity index (χ4n) is 3.29. The number of anilines is 2. The van der Waals surface area contributed by atoms with E-state index in [2.05, 4.69) is 5.32 Å². The van der Waals surface area contributed by atoms with Crippen molar-refractivity contribution in [1.29, 1.82) is 0 Å². The van der Waals surface area contributed by atoms with Crippen LogP contribution in [0.3, 0.4) is 0 Å². The van der Waals surface area contributed by atoms with Gasteiger partial charge in [0.1, 0.15) is 6.61 Å². The minimum absolute atomic E-state index is 0.0165. The number of hydrogen-bond acceptors (Lipinski definition) is 5. The van der Waals surface area contributed by atoms with Crippen molar-refractivity contribution in [2.75, 3.05) is 43.6 Å². The Bertz CT molecular complexity index is 813. The van der Waals surface area contributed by atoms with Crippen LogP contribution in [-0.2, 0) is 25.3 Å². The first kappa shape index (κ1) is 23.6. The Labute approximate surface area is 172 Å². The Hall–Kier alpha value is -2.66. The number of hydrogen-bond donors (Lipinski definition) is 2. The van der Waals surface area contributed by atoms with Gasteiger partial charge in [-0.1, -0.05) is 13.8 Å². The number of primary amides is 1. The molecule has 0 unspecified atom stereocenters. The van der Waals surface area contributed by atoms with E-state index in [1.165, 1.54) is 18.0 Å². The molecule has 0 radical (unpaired) electrons. The lowest BCUT2D eigenvalue weighted by Crippen LogP contribution is -2.51. The van der Waals surface area contributed by atoms with Crippen LogP contribution < -0.4 is 16.0 Å². The van der Waals surface area contributed by atoms with Gasteiger partial charge in [0.15, 0.2) is 6.04 Å². The topological polar surface area (TPSA) is 105 Å². The van der Waals surface area contributed by atoms with Gasteiger partial charge in [0.25, 0.3) is 11.8 Å². The minimum atomic E-state index is -4.77. The molecule has 1 aromatic carbocycles. The molecule has 1 aliphatic heterocycles. The van der Waals surface area contributed by atoms with Gasteiger partial charge in [-0.05, 0) is 31.2 Å². The summed E-state index contributed by atoms with van der Waals surface area (Å²) in [5.74, 6) is -2.21. The summed E-state index contributed by atoms with van der Waals surface area (Å²) < 4.78 is 45.9. The fourth-order valence-corrected chi connectivity index (χ4v) is 3.29. The smallest absolute Gasteiger partial charge is 0.370 e. The molecule has 1 saturated heterocycles. The maximum absolute atomic E-state index is 13.6. The third-order valence-electron chi connectivity index (χ3n) is 4.46. The van der Waals surface area contributed by atoms with E-state index < -0.39 is 35.5 Å². The predicted molar refractivity (Wildman–Crippen MR) is 104 cm³/mol. The molecular weight excluding hydrogens is 405 g/mol. The maximum Gasteiger partial charge on any atom is 0.418 e. The van der Waals surface area contributed by atoms with Crippen LogP contribution >= 0.6 is 0 Å². The molecule has 3 N–H and O–H groups in total. The molecule has 0 aromatic heterocycles. The van der Waals surface area contributed by atoms with Crippen LogP contribution in [0.4, 0.5) is 24.5 Å². The van der Waals surface area contributed by atoms with Crippen molar-refractivity contribution >= 4 is 29.1 Å². The number of nitrogens with two attached hydrogens (primary N) is 1. The number of morpholine rings is 1. The number of nitrogens with one attached hydrogen (secondary N) is 1. The Kier molecular flexibility index (Phi) is 7.43. The lowest BCUT2D eigenvalue weighted by atomic mass is 10.1. The van der Waals surface area contributed by atoms with Crippen molar-refractivity contribution in [3.05, 3.63) is 23.8 Å².